The summed E-state index contributed by atoms with van der Waals surface area (Å²) >= 11 is 0. The molecule has 1 amide bonds. The predicted molar refractivity (Wildman–Crippen MR) is 73.5 cm³/mol. The fraction of sp³-hybridized carbons (Fsp3) is 0.857. The SMILES string of the molecule is CCCN1CCN(CC2CCCO2)C(=O)C1CC(=O)O. The minimum Gasteiger partial charge on any atom is -0.481 e. The number of ether oxygens (including phenoxy) is 1. The third kappa shape index (κ3) is 3.70. The average Bonchev–Trinajstić information content (AvgIpc) is 2.90. The Bertz CT molecular complexity index is 355. The summed E-state index contributed by atoms with van der Waals surface area (Å²) in [5, 5.41) is 9.02. The number of hydrogen-bond donors (Lipinski definition) is 1. The molecule has 2 aliphatic heterocycles. The number of carboxylic acid groups (broad SMARTS) is 1. The van der Waals surface area contributed by atoms with Gasteiger partial charge < -0.3 is 14.7 Å². The largest absolute Gasteiger partial charge is 0.481 e. The number of carbonyl (C=O) groups excluding carboxylic acids is 1. The van der Waals surface area contributed by atoms with Crippen LogP contribution in [-0.2, 0) is 14.3 Å². The summed E-state index contributed by atoms with van der Waals surface area (Å²) in [6, 6.07) is -0.511. The van der Waals surface area contributed by atoms with E-state index in [1.165, 1.54) is 0 Å². The molecule has 2 aliphatic rings. The van der Waals surface area contributed by atoms with Crippen LogP contribution >= 0.6 is 0 Å². The molecular weight excluding hydrogens is 260 g/mol. The number of rotatable bonds is 6. The molecule has 2 fully saturated rings. The Labute approximate surface area is 119 Å². The van der Waals surface area contributed by atoms with Gasteiger partial charge in [0, 0.05) is 26.2 Å². The molecule has 0 saturated carbocycles. The minimum absolute atomic E-state index is 0.0531. The minimum atomic E-state index is -0.914. The molecule has 0 aromatic heterocycles. The molecule has 0 spiro atoms. The third-order valence-corrected chi connectivity index (χ3v) is 4.02. The van der Waals surface area contributed by atoms with Gasteiger partial charge in [0.2, 0.25) is 5.91 Å². The van der Waals surface area contributed by atoms with Crippen LogP contribution in [0.25, 0.3) is 0 Å². The summed E-state index contributed by atoms with van der Waals surface area (Å²) in [5.41, 5.74) is 0. The van der Waals surface area contributed by atoms with E-state index in [0.717, 1.165) is 39.0 Å². The van der Waals surface area contributed by atoms with E-state index >= 15 is 0 Å². The van der Waals surface area contributed by atoms with E-state index in [9.17, 15) is 9.59 Å². The van der Waals surface area contributed by atoms with E-state index in [1.54, 1.807) is 4.90 Å². The van der Waals surface area contributed by atoms with Gasteiger partial charge in [-0.2, -0.15) is 0 Å². The van der Waals surface area contributed by atoms with Crippen LogP contribution in [0.4, 0.5) is 0 Å². The van der Waals surface area contributed by atoms with Gasteiger partial charge in [0.15, 0.2) is 0 Å². The maximum Gasteiger partial charge on any atom is 0.305 e. The first-order valence-electron chi connectivity index (χ1n) is 7.48. The van der Waals surface area contributed by atoms with Crippen molar-refractivity contribution in [2.45, 2.75) is 44.8 Å². The quantitative estimate of drug-likeness (QED) is 0.772. The molecule has 0 radical (unpaired) electrons. The van der Waals surface area contributed by atoms with Crippen LogP contribution in [0.3, 0.4) is 0 Å². The van der Waals surface area contributed by atoms with Crippen molar-refractivity contribution in [2.24, 2.45) is 0 Å². The Hall–Kier alpha value is -1.14. The van der Waals surface area contributed by atoms with Crippen molar-refractivity contribution >= 4 is 11.9 Å². The third-order valence-electron chi connectivity index (χ3n) is 4.02. The van der Waals surface area contributed by atoms with Crippen LogP contribution in [0, 0.1) is 0 Å². The molecule has 114 valence electrons. The highest BCUT2D eigenvalue weighted by molar-refractivity contribution is 5.86. The lowest BCUT2D eigenvalue weighted by atomic mass is 10.1. The molecule has 20 heavy (non-hydrogen) atoms. The number of nitrogens with zero attached hydrogens (tertiary/aromatic N) is 2. The molecule has 2 atom stereocenters. The van der Waals surface area contributed by atoms with Crippen molar-refractivity contribution in [1.29, 1.82) is 0 Å². The highest BCUT2D eigenvalue weighted by Gasteiger charge is 2.36. The highest BCUT2D eigenvalue weighted by atomic mass is 16.5. The molecule has 2 heterocycles. The molecule has 0 bridgehead atoms. The molecule has 0 aliphatic carbocycles. The average molecular weight is 284 g/mol. The summed E-state index contributed by atoms with van der Waals surface area (Å²) in [6.07, 6.45) is 2.98. The van der Waals surface area contributed by atoms with E-state index < -0.39 is 12.0 Å². The van der Waals surface area contributed by atoms with Gasteiger partial charge in [0.05, 0.1) is 18.6 Å². The van der Waals surface area contributed by atoms with Crippen LogP contribution in [0.2, 0.25) is 0 Å². The van der Waals surface area contributed by atoms with Crippen LogP contribution in [0.5, 0.6) is 0 Å². The number of amides is 1. The highest BCUT2D eigenvalue weighted by Crippen LogP contribution is 2.19. The summed E-state index contributed by atoms with van der Waals surface area (Å²) < 4.78 is 5.57. The summed E-state index contributed by atoms with van der Waals surface area (Å²) in [4.78, 5) is 27.3. The van der Waals surface area contributed by atoms with Crippen molar-refractivity contribution in [2.75, 3.05) is 32.8 Å². The van der Waals surface area contributed by atoms with Gasteiger partial charge in [-0.25, -0.2) is 0 Å². The number of hydrogen-bond acceptors (Lipinski definition) is 4. The van der Waals surface area contributed by atoms with E-state index in [-0.39, 0.29) is 18.4 Å². The zero-order valence-electron chi connectivity index (χ0n) is 12.1. The van der Waals surface area contributed by atoms with Gasteiger partial charge in [-0.05, 0) is 25.8 Å². The summed E-state index contributed by atoms with van der Waals surface area (Å²) in [5.74, 6) is -0.967. The molecule has 0 aromatic carbocycles. The fourth-order valence-electron chi connectivity index (χ4n) is 3.03. The Kier molecular flexibility index (Phi) is 5.37. The van der Waals surface area contributed by atoms with Gasteiger partial charge in [-0.3, -0.25) is 14.5 Å². The van der Waals surface area contributed by atoms with Crippen molar-refractivity contribution < 1.29 is 19.4 Å². The Morgan fingerprint density at radius 2 is 2.25 bits per heavy atom. The van der Waals surface area contributed by atoms with Gasteiger partial charge in [-0.15, -0.1) is 0 Å². The Morgan fingerprint density at radius 3 is 2.85 bits per heavy atom. The molecular formula is C14H24N2O4. The Morgan fingerprint density at radius 1 is 1.45 bits per heavy atom. The molecule has 2 unspecified atom stereocenters. The maximum atomic E-state index is 12.5. The number of aliphatic carboxylic acids is 1. The van der Waals surface area contributed by atoms with Crippen LogP contribution in [0.15, 0.2) is 0 Å². The number of carboxylic acids is 1. The van der Waals surface area contributed by atoms with Gasteiger partial charge in [0.25, 0.3) is 0 Å². The summed E-state index contributed by atoms with van der Waals surface area (Å²) in [7, 11) is 0. The molecule has 0 aromatic rings. The normalized spacial score (nSPS) is 28.1. The van der Waals surface area contributed by atoms with Gasteiger partial charge >= 0.3 is 5.97 Å². The smallest absolute Gasteiger partial charge is 0.305 e. The number of carbonyl (C=O) groups is 2. The molecule has 2 saturated heterocycles. The first-order chi connectivity index (χ1) is 9.61. The van der Waals surface area contributed by atoms with E-state index in [0.29, 0.717) is 13.1 Å². The first kappa shape index (κ1) is 15.3. The van der Waals surface area contributed by atoms with Crippen molar-refractivity contribution in [3.63, 3.8) is 0 Å². The summed E-state index contributed by atoms with van der Waals surface area (Å²) in [6.45, 7) is 5.62. The second-order valence-corrected chi connectivity index (χ2v) is 5.57. The van der Waals surface area contributed by atoms with E-state index in [2.05, 4.69) is 0 Å². The zero-order chi connectivity index (χ0) is 14.5. The van der Waals surface area contributed by atoms with Crippen molar-refractivity contribution in [3.8, 4) is 0 Å². The van der Waals surface area contributed by atoms with Crippen LogP contribution in [-0.4, -0.2) is 71.7 Å². The Balaban J connectivity index is 1.98. The fourth-order valence-corrected chi connectivity index (χ4v) is 3.03. The van der Waals surface area contributed by atoms with E-state index in [4.69, 9.17) is 9.84 Å². The van der Waals surface area contributed by atoms with Gasteiger partial charge in [-0.1, -0.05) is 6.92 Å². The molecule has 6 heteroatoms. The zero-order valence-corrected chi connectivity index (χ0v) is 12.1. The second-order valence-electron chi connectivity index (χ2n) is 5.57. The monoisotopic (exact) mass is 284 g/mol. The topological polar surface area (TPSA) is 70.1 Å². The van der Waals surface area contributed by atoms with Crippen LogP contribution < -0.4 is 0 Å². The maximum absolute atomic E-state index is 12.5. The van der Waals surface area contributed by atoms with Gasteiger partial charge in [0.1, 0.15) is 0 Å². The molecule has 1 N–H and O–H groups in total. The second kappa shape index (κ2) is 7.04. The standard InChI is InChI=1S/C14H24N2O4/c1-2-5-15-6-7-16(10-11-4-3-8-20-11)14(19)12(15)9-13(17)18/h11-12H,2-10H2,1H3,(H,17,18). The lowest BCUT2D eigenvalue weighted by molar-refractivity contribution is -0.150. The molecule has 6 nitrogen and oxygen atoms in total. The lowest BCUT2D eigenvalue weighted by Gasteiger charge is -2.40. The van der Waals surface area contributed by atoms with Crippen LogP contribution in [0.1, 0.15) is 32.6 Å². The predicted octanol–water partition coefficient (Wildman–Crippen LogP) is 0.563. The van der Waals surface area contributed by atoms with Crippen molar-refractivity contribution in [1.82, 2.24) is 9.80 Å². The number of piperazine rings is 1. The van der Waals surface area contributed by atoms with E-state index in [1.807, 2.05) is 11.8 Å². The lowest BCUT2D eigenvalue weighted by Crippen LogP contribution is -2.58. The molecule has 2 rings (SSSR count). The first-order valence-corrected chi connectivity index (χ1v) is 7.48. The van der Waals surface area contributed by atoms with Crippen molar-refractivity contribution in [3.05, 3.63) is 0 Å².